The number of Topliss-reactive ketones (excluding diaryl/α,β-unsaturated/α-hetero) is 1. The predicted molar refractivity (Wildman–Crippen MR) is 79.5 cm³/mol. The molecular weight excluding hydrogens is 282 g/mol. The lowest BCUT2D eigenvalue weighted by molar-refractivity contribution is -0.117. The third-order valence-electron chi connectivity index (χ3n) is 3.65. The Kier molecular flexibility index (Phi) is 3.91. The van der Waals surface area contributed by atoms with E-state index in [2.05, 4.69) is 4.98 Å². The molecule has 1 aliphatic heterocycles. The van der Waals surface area contributed by atoms with E-state index < -0.39 is 6.09 Å². The van der Waals surface area contributed by atoms with Gasteiger partial charge in [0.05, 0.1) is 19.2 Å². The van der Waals surface area contributed by atoms with Crippen LogP contribution in [0.4, 0.5) is 4.79 Å². The van der Waals surface area contributed by atoms with E-state index in [-0.39, 0.29) is 18.3 Å². The average Bonchev–Trinajstić information content (AvgIpc) is 3.06. The first kappa shape index (κ1) is 14.3. The summed E-state index contributed by atoms with van der Waals surface area (Å²) in [6.45, 7) is 3.12. The lowest BCUT2D eigenvalue weighted by atomic mass is 10.2. The van der Waals surface area contributed by atoms with Crippen molar-refractivity contribution in [3.63, 3.8) is 0 Å². The topological polar surface area (TPSA) is 64.4 Å². The van der Waals surface area contributed by atoms with Crippen LogP contribution >= 0.6 is 0 Å². The lowest BCUT2D eigenvalue weighted by Gasteiger charge is -2.20. The van der Waals surface area contributed by atoms with Crippen molar-refractivity contribution in [3.8, 4) is 6.01 Å². The van der Waals surface area contributed by atoms with E-state index in [1.807, 2.05) is 37.3 Å². The molecule has 0 N–H and O–H groups in total. The van der Waals surface area contributed by atoms with Crippen LogP contribution in [0.3, 0.4) is 0 Å². The number of aromatic nitrogens is 2. The van der Waals surface area contributed by atoms with Gasteiger partial charge >= 0.3 is 12.1 Å². The number of carbonyl (C=O) groups excluding carboxylic acids is 2. The molecule has 114 valence electrons. The second kappa shape index (κ2) is 6.01. The van der Waals surface area contributed by atoms with Gasteiger partial charge in [-0.15, -0.1) is 0 Å². The molecule has 0 fully saturated rings. The Morgan fingerprint density at radius 2 is 2.14 bits per heavy atom. The molecule has 0 bridgehead atoms. The molecule has 2 aromatic rings. The predicted octanol–water partition coefficient (Wildman–Crippen LogP) is 2.03. The van der Waals surface area contributed by atoms with Crippen molar-refractivity contribution in [2.24, 2.45) is 0 Å². The van der Waals surface area contributed by atoms with E-state index >= 15 is 0 Å². The minimum absolute atomic E-state index is 0.103. The lowest BCUT2D eigenvalue weighted by Crippen LogP contribution is -2.33. The van der Waals surface area contributed by atoms with Gasteiger partial charge in [-0.2, -0.15) is 0 Å². The minimum atomic E-state index is -0.459. The summed E-state index contributed by atoms with van der Waals surface area (Å²) in [6, 6.07) is 9.91. The molecule has 6 heteroatoms. The Labute approximate surface area is 128 Å². The number of carbonyl (C=O) groups is 2. The molecule has 1 aromatic heterocycles. The van der Waals surface area contributed by atoms with Crippen molar-refractivity contribution in [1.82, 2.24) is 14.5 Å². The quantitative estimate of drug-likeness (QED) is 0.866. The maximum atomic E-state index is 12.3. The van der Waals surface area contributed by atoms with Crippen molar-refractivity contribution in [1.29, 1.82) is 0 Å². The molecule has 0 saturated heterocycles. The van der Waals surface area contributed by atoms with Crippen molar-refractivity contribution in [2.45, 2.75) is 26.4 Å². The molecule has 0 aliphatic carbocycles. The number of nitrogens with zero attached hydrogens (tertiary/aromatic N) is 3. The van der Waals surface area contributed by atoms with Crippen LogP contribution in [0.5, 0.6) is 6.01 Å². The van der Waals surface area contributed by atoms with E-state index in [1.165, 1.54) is 0 Å². The molecule has 0 saturated carbocycles. The highest BCUT2D eigenvalue weighted by Crippen LogP contribution is 2.20. The largest absolute Gasteiger partial charge is 0.417 e. The Morgan fingerprint density at radius 3 is 2.86 bits per heavy atom. The zero-order chi connectivity index (χ0) is 15.5. The molecule has 22 heavy (non-hydrogen) atoms. The summed E-state index contributed by atoms with van der Waals surface area (Å²) in [5.74, 6) is 0.103. The Morgan fingerprint density at radius 1 is 1.36 bits per heavy atom. The highest BCUT2D eigenvalue weighted by molar-refractivity contribution is 5.83. The number of hydrogen-bond donors (Lipinski definition) is 0. The highest BCUT2D eigenvalue weighted by atomic mass is 16.6. The van der Waals surface area contributed by atoms with Gasteiger partial charge in [0.1, 0.15) is 0 Å². The third-order valence-corrected chi connectivity index (χ3v) is 3.65. The van der Waals surface area contributed by atoms with Crippen LogP contribution in [0.1, 0.15) is 18.2 Å². The van der Waals surface area contributed by atoms with Crippen LogP contribution < -0.4 is 4.74 Å². The van der Waals surface area contributed by atoms with Gasteiger partial charge in [-0.3, -0.25) is 9.36 Å². The molecule has 2 heterocycles. The van der Waals surface area contributed by atoms with Crippen LogP contribution in [-0.4, -0.2) is 32.9 Å². The fourth-order valence-corrected chi connectivity index (χ4v) is 2.47. The molecule has 1 amide bonds. The maximum Gasteiger partial charge on any atom is 0.417 e. The summed E-state index contributed by atoms with van der Waals surface area (Å²) in [6.07, 6.45) is 1.48. The smallest absolute Gasteiger partial charge is 0.375 e. The first-order chi connectivity index (χ1) is 10.7. The summed E-state index contributed by atoms with van der Waals surface area (Å²) < 4.78 is 7.01. The average molecular weight is 299 g/mol. The third kappa shape index (κ3) is 2.86. The first-order valence-electron chi connectivity index (χ1n) is 7.24. The fraction of sp³-hybridized carbons (Fsp3) is 0.312. The number of rotatable bonds is 4. The molecular formula is C16H17N3O3. The standard InChI is InChI=1S/C16H17N3O3/c1-2-18(10-12-6-4-3-5-7-12)16(21)22-15-17-9-13-8-14(20)11-19(13)15/h3-7,9H,2,8,10-11H2,1H3. The van der Waals surface area contributed by atoms with E-state index in [0.717, 1.165) is 11.3 Å². The summed E-state index contributed by atoms with van der Waals surface area (Å²) in [5, 5.41) is 0. The van der Waals surface area contributed by atoms with Gasteiger partial charge in [0.25, 0.3) is 0 Å². The number of ketones is 1. The summed E-state index contributed by atoms with van der Waals surface area (Å²) in [5.41, 5.74) is 1.82. The molecule has 1 aromatic carbocycles. The van der Waals surface area contributed by atoms with Gasteiger partial charge in [0.2, 0.25) is 0 Å². The number of fused-ring (bicyclic) bond motifs is 1. The maximum absolute atomic E-state index is 12.3. The van der Waals surface area contributed by atoms with Crippen LogP contribution in [0.2, 0.25) is 0 Å². The molecule has 0 spiro atoms. The van der Waals surface area contributed by atoms with Crippen molar-refractivity contribution in [2.75, 3.05) is 6.54 Å². The number of imidazole rings is 1. The Hall–Kier alpha value is -2.63. The molecule has 6 nitrogen and oxygen atoms in total. The van der Waals surface area contributed by atoms with Crippen molar-refractivity contribution < 1.29 is 14.3 Å². The SMILES string of the molecule is CCN(Cc1ccccc1)C(=O)Oc1ncc2n1CC(=O)C2. The molecule has 1 aliphatic rings. The van der Waals surface area contributed by atoms with E-state index in [0.29, 0.717) is 19.5 Å². The van der Waals surface area contributed by atoms with Crippen LogP contribution in [0, 0.1) is 0 Å². The van der Waals surface area contributed by atoms with Crippen LogP contribution in [0.15, 0.2) is 36.5 Å². The summed E-state index contributed by atoms with van der Waals surface area (Å²) >= 11 is 0. The summed E-state index contributed by atoms with van der Waals surface area (Å²) in [7, 11) is 0. The van der Waals surface area contributed by atoms with Gasteiger partial charge < -0.3 is 9.64 Å². The zero-order valence-corrected chi connectivity index (χ0v) is 12.4. The highest BCUT2D eigenvalue weighted by Gasteiger charge is 2.25. The number of amides is 1. The van der Waals surface area contributed by atoms with Gasteiger partial charge in [-0.25, -0.2) is 9.78 Å². The number of hydrogen-bond acceptors (Lipinski definition) is 4. The fourth-order valence-electron chi connectivity index (χ4n) is 2.47. The van der Waals surface area contributed by atoms with Gasteiger partial charge in [-0.05, 0) is 12.5 Å². The Bertz CT molecular complexity index is 694. The van der Waals surface area contributed by atoms with Crippen molar-refractivity contribution >= 4 is 11.9 Å². The normalized spacial score (nSPS) is 13.0. The molecule has 0 unspecified atom stereocenters. The second-order valence-corrected chi connectivity index (χ2v) is 5.20. The van der Waals surface area contributed by atoms with E-state index in [1.54, 1.807) is 15.7 Å². The number of ether oxygens (including phenoxy) is 1. The van der Waals surface area contributed by atoms with E-state index in [9.17, 15) is 9.59 Å². The molecule has 0 atom stereocenters. The molecule has 0 radical (unpaired) electrons. The van der Waals surface area contributed by atoms with Gasteiger partial charge in [0, 0.05) is 18.8 Å². The van der Waals surface area contributed by atoms with Gasteiger partial charge in [0.15, 0.2) is 5.78 Å². The van der Waals surface area contributed by atoms with Crippen LogP contribution in [-0.2, 0) is 24.3 Å². The monoisotopic (exact) mass is 299 g/mol. The zero-order valence-electron chi connectivity index (χ0n) is 12.4. The molecule has 3 rings (SSSR count). The van der Waals surface area contributed by atoms with E-state index in [4.69, 9.17) is 4.74 Å². The van der Waals surface area contributed by atoms with Gasteiger partial charge in [-0.1, -0.05) is 30.3 Å². The number of benzene rings is 1. The van der Waals surface area contributed by atoms with Crippen molar-refractivity contribution in [3.05, 3.63) is 47.8 Å². The van der Waals surface area contributed by atoms with Crippen LogP contribution in [0.25, 0.3) is 0 Å². The minimum Gasteiger partial charge on any atom is -0.375 e. The Balaban J connectivity index is 1.69. The summed E-state index contributed by atoms with van der Waals surface area (Å²) in [4.78, 5) is 29.4. The second-order valence-electron chi connectivity index (χ2n) is 5.20. The first-order valence-corrected chi connectivity index (χ1v) is 7.24.